The van der Waals surface area contributed by atoms with Crippen molar-refractivity contribution in [1.82, 2.24) is 0 Å². The van der Waals surface area contributed by atoms with E-state index in [1.165, 1.54) is 5.39 Å². The van der Waals surface area contributed by atoms with Crippen molar-refractivity contribution in [1.29, 1.82) is 0 Å². The molecule has 0 radical (unpaired) electrons. The van der Waals surface area contributed by atoms with Crippen LogP contribution in [-0.4, -0.2) is 4.83 Å². The van der Waals surface area contributed by atoms with Gasteiger partial charge in [0.1, 0.15) is 11.3 Å². The van der Waals surface area contributed by atoms with Crippen LogP contribution in [0.25, 0.3) is 11.0 Å². The molecule has 1 unspecified atom stereocenters. The lowest BCUT2D eigenvalue weighted by Crippen LogP contribution is -2.20. The molecule has 1 nitrogen and oxygen atoms in total. The fraction of sp³-hybridized carbons (Fsp3) is 0.467. The minimum absolute atomic E-state index is 0.298. The summed E-state index contributed by atoms with van der Waals surface area (Å²) in [5.74, 6) is 1.08. The van der Waals surface area contributed by atoms with Gasteiger partial charge in [0.15, 0.2) is 0 Å². The minimum atomic E-state index is 0.298. The van der Waals surface area contributed by atoms with Gasteiger partial charge in [0.2, 0.25) is 0 Å². The van der Waals surface area contributed by atoms with Crippen molar-refractivity contribution in [2.45, 2.75) is 38.4 Å². The summed E-state index contributed by atoms with van der Waals surface area (Å²) in [7, 11) is 0. The molecule has 1 aromatic heterocycles. The highest BCUT2D eigenvalue weighted by atomic mass is 79.9. The molecule has 0 aliphatic rings. The van der Waals surface area contributed by atoms with E-state index in [2.05, 4.69) is 48.8 Å². The molecular formula is C15H19BrO. The Balaban J connectivity index is 2.04. The minimum Gasteiger partial charge on any atom is -0.461 e. The predicted molar refractivity (Wildman–Crippen MR) is 76.7 cm³/mol. The Morgan fingerprint density at radius 2 is 1.94 bits per heavy atom. The highest BCUT2D eigenvalue weighted by Gasteiger charge is 2.21. The van der Waals surface area contributed by atoms with Gasteiger partial charge in [-0.3, -0.25) is 0 Å². The molecule has 0 saturated heterocycles. The van der Waals surface area contributed by atoms with E-state index in [0.29, 0.717) is 10.2 Å². The molecular weight excluding hydrogens is 276 g/mol. The van der Waals surface area contributed by atoms with Gasteiger partial charge in [-0.25, -0.2) is 0 Å². The van der Waals surface area contributed by atoms with Crippen molar-refractivity contribution in [3.05, 3.63) is 36.1 Å². The first-order valence-corrected chi connectivity index (χ1v) is 7.00. The summed E-state index contributed by atoms with van der Waals surface area (Å²) in [6.07, 6.45) is 2.09. The number of alkyl halides is 1. The van der Waals surface area contributed by atoms with Gasteiger partial charge in [0.25, 0.3) is 0 Å². The molecule has 2 rings (SSSR count). The van der Waals surface area contributed by atoms with Crippen molar-refractivity contribution in [2.24, 2.45) is 5.41 Å². The Hall–Kier alpha value is -0.760. The van der Waals surface area contributed by atoms with Gasteiger partial charge in [-0.2, -0.15) is 0 Å². The molecule has 17 heavy (non-hydrogen) atoms. The molecule has 0 bridgehead atoms. The number of fused-ring (bicyclic) bond motifs is 1. The lowest BCUT2D eigenvalue weighted by Gasteiger charge is -2.25. The van der Waals surface area contributed by atoms with Crippen LogP contribution in [-0.2, 0) is 6.42 Å². The summed E-state index contributed by atoms with van der Waals surface area (Å²) < 4.78 is 5.81. The summed E-state index contributed by atoms with van der Waals surface area (Å²) in [5.41, 5.74) is 1.29. The second-order valence-electron chi connectivity index (χ2n) is 5.62. The first-order chi connectivity index (χ1) is 7.97. The maximum atomic E-state index is 5.81. The monoisotopic (exact) mass is 294 g/mol. The summed E-state index contributed by atoms with van der Waals surface area (Å²) >= 11 is 3.76. The summed E-state index contributed by atoms with van der Waals surface area (Å²) in [6, 6.07) is 10.3. The zero-order valence-corrected chi connectivity index (χ0v) is 12.3. The molecule has 2 heteroatoms. The van der Waals surface area contributed by atoms with Crippen LogP contribution in [0.3, 0.4) is 0 Å². The highest BCUT2D eigenvalue weighted by Crippen LogP contribution is 2.30. The van der Waals surface area contributed by atoms with Crippen LogP contribution in [0.15, 0.2) is 34.7 Å². The largest absolute Gasteiger partial charge is 0.461 e. The number of furan rings is 1. The lowest BCUT2D eigenvalue weighted by atomic mass is 9.89. The predicted octanol–water partition coefficient (Wildman–Crippen LogP) is 5.18. The molecule has 1 atom stereocenters. The van der Waals surface area contributed by atoms with Gasteiger partial charge in [-0.1, -0.05) is 54.9 Å². The summed E-state index contributed by atoms with van der Waals surface area (Å²) in [6.45, 7) is 6.77. The molecule has 0 amide bonds. The fourth-order valence-electron chi connectivity index (χ4n) is 1.86. The number of hydrogen-bond donors (Lipinski definition) is 0. The van der Waals surface area contributed by atoms with Crippen LogP contribution in [0.4, 0.5) is 0 Å². The summed E-state index contributed by atoms with van der Waals surface area (Å²) in [5, 5.41) is 1.20. The van der Waals surface area contributed by atoms with Gasteiger partial charge in [-0.15, -0.1) is 0 Å². The van der Waals surface area contributed by atoms with Crippen molar-refractivity contribution >= 4 is 26.9 Å². The van der Waals surface area contributed by atoms with Crippen LogP contribution >= 0.6 is 15.9 Å². The van der Waals surface area contributed by atoms with Crippen LogP contribution in [0.2, 0.25) is 0 Å². The smallest absolute Gasteiger partial charge is 0.134 e. The standard InChI is InChI=1S/C15H19BrO/c1-15(2,3)14(16)9-8-12-10-11-6-4-5-7-13(11)17-12/h4-7,10,14H,8-9H2,1-3H3. The number of para-hydroxylation sites is 1. The molecule has 0 spiro atoms. The average Bonchev–Trinajstić information content (AvgIpc) is 2.66. The maximum Gasteiger partial charge on any atom is 0.134 e. The van der Waals surface area contributed by atoms with Crippen molar-refractivity contribution in [3.63, 3.8) is 0 Å². The Morgan fingerprint density at radius 1 is 1.24 bits per heavy atom. The van der Waals surface area contributed by atoms with E-state index in [4.69, 9.17) is 4.42 Å². The molecule has 1 aromatic carbocycles. The second kappa shape index (κ2) is 4.85. The second-order valence-corrected chi connectivity index (χ2v) is 6.73. The molecule has 1 heterocycles. The maximum absolute atomic E-state index is 5.81. The first kappa shape index (κ1) is 12.7. The zero-order chi connectivity index (χ0) is 12.5. The topological polar surface area (TPSA) is 13.1 Å². The van der Waals surface area contributed by atoms with Gasteiger partial charge in [0, 0.05) is 16.6 Å². The fourth-order valence-corrected chi connectivity index (χ4v) is 2.09. The number of hydrogen-bond acceptors (Lipinski definition) is 1. The molecule has 2 aromatic rings. The van der Waals surface area contributed by atoms with E-state index in [-0.39, 0.29) is 0 Å². The van der Waals surface area contributed by atoms with Crippen molar-refractivity contribution < 1.29 is 4.42 Å². The number of rotatable bonds is 3. The quantitative estimate of drug-likeness (QED) is 0.711. The normalized spacial score (nSPS) is 14.1. The van der Waals surface area contributed by atoms with E-state index >= 15 is 0 Å². The zero-order valence-electron chi connectivity index (χ0n) is 10.7. The van der Waals surface area contributed by atoms with Crippen LogP contribution in [0.5, 0.6) is 0 Å². The SMILES string of the molecule is CC(C)(C)C(Br)CCc1cc2ccccc2o1. The lowest BCUT2D eigenvalue weighted by molar-refractivity contribution is 0.379. The number of aryl methyl sites for hydroxylation is 1. The highest BCUT2D eigenvalue weighted by molar-refractivity contribution is 9.09. The third kappa shape index (κ3) is 3.12. The van der Waals surface area contributed by atoms with E-state index in [9.17, 15) is 0 Å². The van der Waals surface area contributed by atoms with Gasteiger partial charge >= 0.3 is 0 Å². The van der Waals surface area contributed by atoms with Gasteiger partial charge in [0.05, 0.1) is 0 Å². The third-order valence-corrected chi connectivity index (χ3v) is 4.89. The molecule has 0 aliphatic carbocycles. The molecule has 92 valence electrons. The van der Waals surface area contributed by atoms with E-state index in [1.54, 1.807) is 0 Å². The third-order valence-electron chi connectivity index (χ3n) is 3.06. The van der Waals surface area contributed by atoms with Crippen molar-refractivity contribution in [2.75, 3.05) is 0 Å². The summed E-state index contributed by atoms with van der Waals surface area (Å²) in [4.78, 5) is 0.517. The average molecular weight is 295 g/mol. The van der Waals surface area contributed by atoms with Crippen molar-refractivity contribution in [3.8, 4) is 0 Å². The van der Waals surface area contributed by atoms with Gasteiger partial charge in [-0.05, 0) is 24.0 Å². The Kier molecular flexibility index (Phi) is 3.62. The molecule has 0 fully saturated rings. The van der Waals surface area contributed by atoms with Crippen LogP contribution in [0.1, 0.15) is 33.0 Å². The molecule has 0 aliphatic heterocycles. The van der Waals surface area contributed by atoms with E-state index in [0.717, 1.165) is 24.2 Å². The Bertz CT molecular complexity index is 460. The number of benzene rings is 1. The molecule has 0 saturated carbocycles. The number of halogens is 1. The van der Waals surface area contributed by atoms with Gasteiger partial charge < -0.3 is 4.42 Å². The van der Waals surface area contributed by atoms with E-state index < -0.39 is 0 Å². The van der Waals surface area contributed by atoms with Crippen LogP contribution in [0, 0.1) is 5.41 Å². The molecule has 0 N–H and O–H groups in total. The van der Waals surface area contributed by atoms with E-state index in [1.807, 2.05) is 18.2 Å². The Morgan fingerprint density at radius 3 is 2.59 bits per heavy atom. The first-order valence-electron chi connectivity index (χ1n) is 6.08. The Labute approximate surface area is 111 Å². The van der Waals surface area contributed by atoms with Crippen LogP contribution < -0.4 is 0 Å².